The van der Waals surface area contributed by atoms with E-state index >= 15 is 0 Å². The van der Waals surface area contributed by atoms with Gasteiger partial charge in [0.2, 0.25) is 0 Å². The molecule has 0 radical (unpaired) electrons. The van der Waals surface area contributed by atoms with Gasteiger partial charge in [0.05, 0.1) is 19.8 Å². The maximum atomic E-state index is 12.0. The Balaban J connectivity index is 2.11. The molecule has 1 heterocycles. The van der Waals surface area contributed by atoms with Crippen LogP contribution in [0, 0.1) is 0 Å². The summed E-state index contributed by atoms with van der Waals surface area (Å²) in [5.74, 6) is -1.23. The quantitative estimate of drug-likeness (QED) is 0.332. The van der Waals surface area contributed by atoms with Gasteiger partial charge >= 0.3 is 16.1 Å². The normalized spacial score (nSPS) is 15.9. The van der Waals surface area contributed by atoms with E-state index in [2.05, 4.69) is 5.16 Å². The van der Waals surface area contributed by atoms with Gasteiger partial charge < -0.3 is 14.4 Å². The zero-order valence-electron chi connectivity index (χ0n) is 13.4. The third-order valence-electron chi connectivity index (χ3n) is 3.19. The van der Waals surface area contributed by atoms with Crippen molar-refractivity contribution < 1.29 is 27.0 Å². The summed E-state index contributed by atoms with van der Waals surface area (Å²) in [5.41, 5.74) is 0.566. The molecule has 0 N–H and O–H groups in total. The number of oxime groups is 1. The number of nitrogens with zero attached hydrogens (tertiary/aromatic N) is 2. The number of carbonyl (C=O) groups excluding carboxylic acids is 1. The second-order valence-electron chi connectivity index (χ2n) is 5.00. The zero-order chi connectivity index (χ0) is 17.4. The second kappa shape index (κ2) is 8.65. The Kier molecular flexibility index (Phi) is 6.56. The third-order valence-corrected chi connectivity index (χ3v) is 4.18. The molecule has 0 atom stereocenters. The molecule has 9 heteroatoms. The van der Waals surface area contributed by atoms with Gasteiger partial charge in [-0.25, -0.2) is 4.79 Å². The summed E-state index contributed by atoms with van der Waals surface area (Å²) in [6.45, 7) is 3.44. The summed E-state index contributed by atoms with van der Waals surface area (Å²) in [4.78, 5) is 13.6. The Morgan fingerprint density at radius 2 is 1.92 bits per heavy atom. The van der Waals surface area contributed by atoms with Crippen molar-refractivity contribution in [2.75, 3.05) is 32.9 Å². The maximum Gasteiger partial charge on any atom is 0.377 e. The van der Waals surface area contributed by atoms with Gasteiger partial charge in [-0.2, -0.15) is 8.42 Å². The van der Waals surface area contributed by atoms with Crippen LogP contribution in [0.3, 0.4) is 0 Å². The minimum Gasteiger partial charge on any atom is -0.460 e. The van der Waals surface area contributed by atoms with Gasteiger partial charge in [-0.15, -0.1) is 0 Å². The molecule has 1 fully saturated rings. The molecule has 1 aliphatic rings. The number of morpholine rings is 1. The maximum absolute atomic E-state index is 12.0. The number of benzene rings is 1. The van der Waals surface area contributed by atoms with E-state index in [1.54, 1.807) is 42.2 Å². The first-order valence-corrected chi connectivity index (χ1v) is 9.12. The standard InChI is InChI=1S/C15H20N2O6S/c1-2-22-15(18)14(17-8-10-21-11-9-17)16-23-24(19,20)12-13-6-4-3-5-7-13/h3-7H,2,8-12H2,1H3/b16-14-. The fourth-order valence-electron chi connectivity index (χ4n) is 2.09. The Bertz CT molecular complexity index is 668. The molecule has 0 amide bonds. The zero-order valence-corrected chi connectivity index (χ0v) is 14.2. The highest BCUT2D eigenvalue weighted by molar-refractivity contribution is 7.85. The predicted octanol–water partition coefficient (Wildman–Crippen LogP) is 0.742. The average molecular weight is 356 g/mol. The van der Waals surface area contributed by atoms with E-state index in [9.17, 15) is 13.2 Å². The van der Waals surface area contributed by atoms with E-state index in [1.807, 2.05) is 0 Å². The van der Waals surface area contributed by atoms with Crippen LogP contribution in [0.2, 0.25) is 0 Å². The first kappa shape index (κ1) is 18.2. The van der Waals surface area contributed by atoms with Gasteiger partial charge in [0.15, 0.2) is 0 Å². The SMILES string of the molecule is CCOC(=O)/C(=N/OS(=O)(=O)Cc1ccccc1)N1CCOCC1. The third kappa shape index (κ3) is 5.50. The van der Waals surface area contributed by atoms with E-state index in [0.29, 0.717) is 31.9 Å². The molecule has 24 heavy (non-hydrogen) atoms. The average Bonchev–Trinajstić information content (AvgIpc) is 2.56. The van der Waals surface area contributed by atoms with Gasteiger partial charge in [0, 0.05) is 13.1 Å². The van der Waals surface area contributed by atoms with Crippen molar-refractivity contribution >= 4 is 21.9 Å². The van der Waals surface area contributed by atoms with E-state index in [1.165, 1.54) is 0 Å². The number of amidine groups is 1. The molecule has 0 unspecified atom stereocenters. The van der Waals surface area contributed by atoms with E-state index in [4.69, 9.17) is 13.8 Å². The first-order chi connectivity index (χ1) is 11.5. The van der Waals surface area contributed by atoms with Crippen LogP contribution in [-0.2, 0) is 34.4 Å². The molecule has 1 aromatic rings. The predicted molar refractivity (Wildman–Crippen MR) is 86.6 cm³/mol. The smallest absolute Gasteiger partial charge is 0.377 e. The Morgan fingerprint density at radius 3 is 2.54 bits per heavy atom. The molecule has 1 saturated heterocycles. The van der Waals surface area contributed by atoms with Crippen molar-refractivity contribution in [3.05, 3.63) is 35.9 Å². The fourth-order valence-corrected chi connectivity index (χ4v) is 2.93. The van der Waals surface area contributed by atoms with Crippen LogP contribution in [0.25, 0.3) is 0 Å². The topological polar surface area (TPSA) is 94.5 Å². The van der Waals surface area contributed by atoms with Crippen molar-refractivity contribution in [2.24, 2.45) is 5.16 Å². The molecule has 1 aliphatic heterocycles. The van der Waals surface area contributed by atoms with Gasteiger partial charge in [-0.05, 0) is 17.6 Å². The number of ether oxygens (including phenoxy) is 2. The highest BCUT2D eigenvalue weighted by Crippen LogP contribution is 2.09. The van der Waals surface area contributed by atoms with Crippen molar-refractivity contribution in [1.29, 1.82) is 0 Å². The van der Waals surface area contributed by atoms with Crippen LogP contribution in [0.4, 0.5) is 0 Å². The summed E-state index contributed by atoms with van der Waals surface area (Å²) < 4.78 is 38.9. The lowest BCUT2D eigenvalue weighted by Gasteiger charge is -2.27. The minimum absolute atomic E-state index is 0.152. The molecule has 1 aromatic carbocycles. The van der Waals surface area contributed by atoms with Crippen molar-refractivity contribution in [3.63, 3.8) is 0 Å². The number of rotatable bonds is 5. The van der Waals surface area contributed by atoms with Crippen LogP contribution >= 0.6 is 0 Å². The molecular weight excluding hydrogens is 336 g/mol. The molecule has 8 nitrogen and oxygen atoms in total. The van der Waals surface area contributed by atoms with Gasteiger partial charge in [0.1, 0.15) is 5.75 Å². The molecule has 0 bridgehead atoms. The molecule has 0 spiro atoms. The van der Waals surface area contributed by atoms with Crippen LogP contribution in [-0.4, -0.2) is 58.0 Å². The molecule has 0 aromatic heterocycles. The summed E-state index contributed by atoms with van der Waals surface area (Å²) in [7, 11) is -3.97. The lowest BCUT2D eigenvalue weighted by Crippen LogP contribution is -2.45. The Hall–Kier alpha value is -2.13. The van der Waals surface area contributed by atoms with E-state index in [0.717, 1.165) is 0 Å². The lowest BCUT2D eigenvalue weighted by molar-refractivity contribution is -0.136. The molecule has 2 rings (SSSR count). The molecule has 132 valence electrons. The minimum atomic E-state index is -3.97. The highest BCUT2D eigenvalue weighted by Gasteiger charge is 2.25. The first-order valence-electron chi connectivity index (χ1n) is 7.55. The number of hydrogen-bond acceptors (Lipinski definition) is 7. The van der Waals surface area contributed by atoms with Crippen molar-refractivity contribution in [3.8, 4) is 0 Å². The number of hydrogen-bond donors (Lipinski definition) is 0. The van der Waals surface area contributed by atoms with Crippen molar-refractivity contribution in [2.45, 2.75) is 12.7 Å². The van der Waals surface area contributed by atoms with Crippen LogP contribution in [0.5, 0.6) is 0 Å². The summed E-state index contributed by atoms with van der Waals surface area (Å²) in [6.07, 6.45) is 0. The molecular formula is C15H20N2O6S. The van der Waals surface area contributed by atoms with Gasteiger partial charge in [-0.3, -0.25) is 4.28 Å². The molecule has 0 aliphatic carbocycles. The number of esters is 1. The van der Waals surface area contributed by atoms with Crippen molar-refractivity contribution in [1.82, 2.24) is 4.90 Å². The van der Waals surface area contributed by atoms with Crippen LogP contribution in [0.1, 0.15) is 12.5 Å². The van der Waals surface area contributed by atoms with Crippen LogP contribution in [0.15, 0.2) is 35.5 Å². The summed E-state index contributed by atoms with van der Waals surface area (Å²) >= 11 is 0. The monoisotopic (exact) mass is 356 g/mol. The Morgan fingerprint density at radius 1 is 1.25 bits per heavy atom. The lowest BCUT2D eigenvalue weighted by atomic mass is 10.2. The summed E-state index contributed by atoms with van der Waals surface area (Å²) in [5, 5.41) is 3.56. The number of carbonyl (C=O) groups is 1. The summed E-state index contributed by atoms with van der Waals surface area (Å²) in [6, 6.07) is 8.57. The highest BCUT2D eigenvalue weighted by atomic mass is 32.2. The van der Waals surface area contributed by atoms with E-state index < -0.39 is 16.1 Å². The van der Waals surface area contributed by atoms with Gasteiger partial charge in [-0.1, -0.05) is 30.3 Å². The van der Waals surface area contributed by atoms with E-state index in [-0.39, 0.29) is 18.2 Å². The van der Waals surface area contributed by atoms with Gasteiger partial charge in [0.25, 0.3) is 5.84 Å². The fraction of sp³-hybridized carbons (Fsp3) is 0.467. The second-order valence-corrected chi connectivity index (χ2v) is 6.55. The van der Waals surface area contributed by atoms with Crippen LogP contribution < -0.4 is 0 Å². The largest absolute Gasteiger partial charge is 0.460 e. The molecule has 0 saturated carbocycles. The Labute approximate surface area is 141 Å².